The lowest BCUT2D eigenvalue weighted by molar-refractivity contribution is 0.240. The molecule has 0 radical (unpaired) electrons. The third-order valence-corrected chi connectivity index (χ3v) is 7.28. The lowest BCUT2D eigenvalue weighted by Gasteiger charge is -2.24. The summed E-state index contributed by atoms with van der Waals surface area (Å²) in [7, 11) is 1.57. The van der Waals surface area contributed by atoms with Crippen LogP contribution in [0.2, 0.25) is 10.0 Å². The molecule has 0 unspecified atom stereocenters. The maximum atomic E-state index is 13.5. The molecule has 5 rings (SSSR count). The number of hydrogen-bond acceptors (Lipinski definition) is 6. The molecule has 3 heterocycles. The maximum absolute atomic E-state index is 13.5. The van der Waals surface area contributed by atoms with Gasteiger partial charge in [0.2, 0.25) is 5.95 Å². The van der Waals surface area contributed by atoms with Gasteiger partial charge < -0.3 is 15.4 Å². The van der Waals surface area contributed by atoms with E-state index in [2.05, 4.69) is 57.6 Å². The van der Waals surface area contributed by atoms with Crippen LogP contribution in [-0.4, -0.2) is 41.3 Å². The molecule has 0 spiro atoms. The molecular weight excluding hydrogens is 521 g/mol. The van der Waals surface area contributed by atoms with Crippen LogP contribution in [0.3, 0.4) is 0 Å². The van der Waals surface area contributed by atoms with Crippen LogP contribution in [0, 0.1) is 18.8 Å². The number of rotatable bonds is 5. The van der Waals surface area contributed by atoms with Gasteiger partial charge in [0.1, 0.15) is 6.61 Å². The number of ether oxygens (including phenoxy) is 1. The zero-order valence-corrected chi connectivity index (χ0v) is 22.7. The molecule has 0 amide bonds. The van der Waals surface area contributed by atoms with Crippen molar-refractivity contribution < 1.29 is 4.74 Å². The van der Waals surface area contributed by atoms with E-state index in [0.29, 0.717) is 44.1 Å². The molecule has 2 N–H and O–H groups in total. The van der Waals surface area contributed by atoms with Crippen LogP contribution in [-0.2, 0) is 4.74 Å². The van der Waals surface area contributed by atoms with E-state index < -0.39 is 0 Å². The first-order valence-electron chi connectivity index (χ1n) is 12.4. The summed E-state index contributed by atoms with van der Waals surface area (Å²) >= 11 is 12.8. The van der Waals surface area contributed by atoms with Crippen molar-refractivity contribution in [2.24, 2.45) is 0 Å². The van der Waals surface area contributed by atoms with E-state index in [-0.39, 0.29) is 12.2 Å². The first-order valence-corrected chi connectivity index (χ1v) is 13.1. The number of benzene rings is 2. The Hall–Kier alpha value is -3.41. The number of hydrogen-bond donors (Lipinski definition) is 2. The average molecular weight is 548 g/mol. The summed E-state index contributed by atoms with van der Waals surface area (Å²) in [4.78, 5) is 22.6. The van der Waals surface area contributed by atoms with Gasteiger partial charge in [0.25, 0.3) is 5.56 Å². The standard InChI is InChI=1S/C29H27Cl2N5O2/c1-18-15-21(8-9-22(18)19-10-12-32-13-11-19)34-29-33-16-23-26(35-29)20(5-4-14-38-2)17-36(28(23)37)27-24(30)6-3-7-25(27)31/h3,6-9,15-17,19,32H,10-14H2,1-2H3,(H,33,34,35). The number of pyridine rings is 1. The number of piperidine rings is 1. The van der Waals surface area contributed by atoms with Crippen molar-refractivity contribution in [3.05, 3.63) is 85.9 Å². The highest BCUT2D eigenvalue weighted by Gasteiger charge is 2.18. The van der Waals surface area contributed by atoms with Gasteiger partial charge in [-0.2, -0.15) is 0 Å². The molecule has 4 aromatic rings. The zero-order chi connectivity index (χ0) is 26.6. The van der Waals surface area contributed by atoms with Crippen LogP contribution >= 0.6 is 23.2 Å². The largest absolute Gasteiger partial charge is 0.372 e. The van der Waals surface area contributed by atoms with E-state index in [0.717, 1.165) is 31.6 Å². The SMILES string of the molecule is COCC#Cc1cn(-c2c(Cl)cccc2Cl)c(=O)c2cnc(Nc3ccc(C4CCNCC4)c(C)c3)nc12. The summed E-state index contributed by atoms with van der Waals surface area (Å²) in [6.07, 6.45) is 5.40. The Morgan fingerprint density at radius 3 is 2.66 bits per heavy atom. The molecule has 0 atom stereocenters. The number of aromatic nitrogens is 3. The van der Waals surface area contributed by atoms with Gasteiger partial charge in [0.15, 0.2) is 0 Å². The van der Waals surface area contributed by atoms with Crippen molar-refractivity contribution in [3.8, 4) is 17.5 Å². The molecule has 2 aromatic carbocycles. The van der Waals surface area contributed by atoms with Crippen molar-refractivity contribution in [1.29, 1.82) is 0 Å². The molecule has 38 heavy (non-hydrogen) atoms. The summed E-state index contributed by atoms with van der Waals surface area (Å²) in [5.41, 5.74) is 4.47. The highest BCUT2D eigenvalue weighted by Crippen LogP contribution is 2.31. The highest BCUT2D eigenvalue weighted by atomic mass is 35.5. The van der Waals surface area contributed by atoms with Gasteiger partial charge in [-0.3, -0.25) is 9.36 Å². The van der Waals surface area contributed by atoms with Crippen molar-refractivity contribution in [1.82, 2.24) is 19.9 Å². The third kappa shape index (κ3) is 5.40. The lowest BCUT2D eigenvalue weighted by atomic mass is 9.87. The van der Waals surface area contributed by atoms with Gasteiger partial charge in [-0.15, -0.1) is 0 Å². The number of fused-ring (bicyclic) bond motifs is 1. The second-order valence-corrected chi connectivity index (χ2v) is 10.0. The predicted molar refractivity (Wildman–Crippen MR) is 153 cm³/mol. The fourth-order valence-electron chi connectivity index (χ4n) is 4.84. The van der Waals surface area contributed by atoms with E-state index in [9.17, 15) is 4.79 Å². The Labute approximate surface area is 231 Å². The Kier molecular flexibility index (Phi) is 7.96. The summed E-state index contributed by atoms with van der Waals surface area (Å²) in [6.45, 7) is 4.46. The first kappa shape index (κ1) is 26.2. The Morgan fingerprint density at radius 2 is 1.95 bits per heavy atom. The molecule has 1 fully saturated rings. The minimum Gasteiger partial charge on any atom is -0.372 e. The normalized spacial score (nSPS) is 13.8. The Bertz CT molecular complexity index is 1600. The monoisotopic (exact) mass is 547 g/mol. The number of nitrogens with zero attached hydrogens (tertiary/aromatic N) is 3. The van der Waals surface area contributed by atoms with Crippen LogP contribution < -0.4 is 16.2 Å². The molecule has 1 aliphatic heterocycles. The molecule has 1 saturated heterocycles. The number of para-hydroxylation sites is 1. The number of aryl methyl sites for hydroxylation is 1. The van der Waals surface area contributed by atoms with E-state index in [1.807, 2.05) is 0 Å². The van der Waals surface area contributed by atoms with E-state index >= 15 is 0 Å². The van der Waals surface area contributed by atoms with Gasteiger partial charge in [-0.1, -0.05) is 47.2 Å². The quantitative estimate of drug-likeness (QED) is 0.316. The lowest BCUT2D eigenvalue weighted by Crippen LogP contribution is -2.26. The van der Waals surface area contributed by atoms with Crippen LogP contribution in [0.5, 0.6) is 0 Å². The van der Waals surface area contributed by atoms with Crippen molar-refractivity contribution >= 4 is 45.7 Å². The van der Waals surface area contributed by atoms with Crippen molar-refractivity contribution in [2.45, 2.75) is 25.7 Å². The highest BCUT2D eigenvalue weighted by molar-refractivity contribution is 6.37. The van der Waals surface area contributed by atoms with Gasteiger partial charge in [-0.05, 0) is 74.2 Å². The van der Waals surface area contributed by atoms with Crippen LogP contribution in [0.15, 0.2) is 53.6 Å². The Morgan fingerprint density at radius 1 is 1.18 bits per heavy atom. The van der Waals surface area contributed by atoms with Gasteiger partial charge >= 0.3 is 0 Å². The maximum Gasteiger partial charge on any atom is 0.266 e. The topological polar surface area (TPSA) is 81.1 Å². The summed E-state index contributed by atoms with van der Waals surface area (Å²) in [6, 6.07) is 11.4. The molecular formula is C29H27Cl2N5O2. The minimum absolute atomic E-state index is 0.229. The third-order valence-electron chi connectivity index (χ3n) is 6.67. The van der Waals surface area contributed by atoms with Gasteiger partial charge in [0, 0.05) is 25.2 Å². The minimum atomic E-state index is -0.346. The zero-order valence-electron chi connectivity index (χ0n) is 21.1. The van der Waals surface area contributed by atoms with Crippen LogP contribution in [0.25, 0.3) is 16.6 Å². The van der Waals surface area contributed by atoms with E-state index in [4.69, 9.17) is 27.9 Å². The molecule has 7 nitrogen and oxygen atoms in total. The van der Waals surface area contributed by atoms with Crippen molar-refractivity contribution in [3.63, 3.8) is 0 Å². The predicted octanol–water partition coefficient (Wildman–Crippen LogP) is 5.60. The van der Waals surface area contributed by atoms with Crippen LogP contribution in [0.1, 0.15) is 35.4 Å². The molecule has 0 bridgehead atoms. The Balaban J connectivity index is 1.55. The smallest absolute Gasteiger partial charge is 0.266 e. The summed E-state index contributed by atoms with van der Waals surface area (Å²) in [5, 5.41) is 7.70. The molecule has 194 valence electrons. The van der Waals surface area contributed by atoms with Crippen molar-refractivity contribution in [2.75, 3.05) is 32.1 Å². The number of methoxy groups -OCH3 is 1. The number of anilines is 2. The number of nitrogens with one attached hydrogen (secondary N) is 2. The van der Waals surface area contributed by atoms with E-state index in [1.165, 1.54) is 21.9 Å². The first-order chi connectivity index (χ1) is 18.5. The summed E-state index contributed by atoms with van der Waals surface area (Å²) in [5.74, 6) is 6.95. The molecule has 0 aliphatic carbocycles. The number of halogens is 2. The van der Waals surface area contributed by atoms with E-state index in [1.54, 1.807) is 31.5 Å². The fraction of sp³-hybridized carbons (Fsp3) is 0.276. The second-order valence-electron chi connectivity index (χ2n) is 9.20. The fourth-order valence-corrected chi connectivity index (χ4v) is 5.42. The molecule has 1 aliphatic rings. The molecule has 9 heteroatoms. The average Bonchev–Trinajstić information content (AvgIpc) is 2.91. The summed E-state index contributed by atoms with van der Waals surface area (Å²) < 4.78 is 6.48. The molecule has 2 aromatic heterocycles. The van der Waals surface area contributed by atoms with Gasteiger partial charge in [0.05, 0.1) is 32.2 Å². The van der Waals surface area contributed by atoms with Gasteiger partial charge in [-0.25, -0.2) is 9.97 Å². The van der Waals surface area contributed by atoms with Crippen LogP contribution in [0.4, 0.5) is 11.6 Å². The molecule has 0 saturated carbocycles. The second kappa shape index (κ2) is 11.5.